The topological polar surface area (TPSA) is 46.6 Å². The summed E-state index contributed by atoms with van der Waals surface area (Å²) in [6, 6.07) is 7.55. The van der Waals surface area contributed by atoms with Gasteiger partial charge in [0.25, 0.3) is 0 Å². The number of carbonyl (C=O) groups is 2. The molecule has 0 saturated carbocycles. The standard InChI is InChI=1S/C19H27NO3/c1-3-23-14-16-8-6-12-20(13-16)19(22)11-10-18(21)17-9-5-4-7-15(17)2/h4-5,7,9,16H,3,6,8,10-14H2,1-2H3. The molecule has 0 aromatic heterocycles. The largest absolute Gasteiger partial charge is 0.381 e. The average Bonchev–Trinajstić information content (AvgIpc) is 2.58. The maximum Gasteiger partial charge on any atom is 0.223 e. The van der Waals surface area contributed by atoms with Crippen LogP contribution in [-0.2, 0) is 9.53 Å². The van der Waals surface area contributed by atoms with Crippen molar-refractivity contribution in [2.24, 2.45) is 5.92 Å². The summed E-state index contributed by atoms with van der Waals surface area (Å²) in [6.07, 6.45) is 2.73. The van der Waals surface area contributed by atoms with Crippen LogP contribution in [0.1, 0.15) is 48.5 Å². The molecule has 23 heavy (non-hydrogen) atoms. The summed E-state index contributed by atoms with van der Waals surface area (Å²) in [6.45, 7) is 6.93. The molecule has 1 saturated heterocycles. The van der Waals surface area contributed by atoms with E-state index in [9.17, 15) is 9.59 Å². The molecule has 1 unspecified atom stereocenters. The molecule has 1 aliphatic heterocycles. The normalized spacial score (nSPS) is 18.0. The summed E-state index contributed by atoms with van der Waals surface area (Å²) in [7, 11) is 0. The van der Waals surface area contributed by atoms with E-state index in [4.69, 9.17) is 4.74 Å². The van der Waals surface area contributed by atoms with Crippen LogP contribution >= 0.6 is 0 Å². The number of aryl methyl sites for hydroxylation is 1. The van der Waals surface area contributed by atoms with E-state index in [1.165, 1.54) is 0 Å². The Bertz CT molecular complexity index is 541. The molecule has 0 aliphatic carbocycles. The zero-order valence-corrected chi connectivity index (χ0v) is 14.2. The van der Waals surface area contributed by atoms with Gasteiger partial charge in [-0.05, 0) is 38.2 Å². The van der Waals surface area contributed by atoms with Crippen LogP contribution < -0.4 is 0 Å². The van der Waals surface area contributed by atoms with Crippen LogP contribution in [-0.4, -0.2) is 42.9 Å². The molecule has 0 bridgehead atoms. The number of benzene rings is 1. The molecule has 0 radical (unpaired) electrons. The van der Waals surface area contributed by atoms with E-state index in [1.54, 1.807) is 0 Å². The second-order valence-electron chi connectivity index (χ2n) is 6.25. The van der Waals surface area contributed by atoms with Crippen molar-refractivity contribution in [1.29, 1.82) is 0 Å². The fourth-order valence-electron chi connectivity index (χ4n) is 3.11. The molecule has 4 nitrogen and oxygen atoms in total. The minimum absolute atomic E-state index is 0.0549. The Morgan fingerprint density at radius 1 is 1.26 bits per heavy atom. The Hall–Kier alpha value is -1.68. The Morgan fingerprint density at radius 2 is 2.04 bits per heavy atom. The predicted molar refractivity (Wildman–Crippen MR) is 90.5 cm³/mol. The Kier molecular flexibility index (Phi) is 6.78. The van der Waals surface area contributed by atoms with Gasteiger partial charge in [0.2, 0.25) is 5.91 Å². The molecule has 0 spiro atoms. The summed E-state index contributed by atoms with van der Waals surface area (Å²) in [4.78, 5) is 26.5. The number of rotatable bonds is 7. The molecule has 1 atom stereocenters. The number of hydrogen-bond donors (Lipinski definition) is 0. The van der Waals surface area contributed by atoms with Gasteiger partial charge < -0.3 is 9.64 Å². The van der Waals surface area contributed by atoms with E-state index >= 15 is 0 Å². The van der Waals surface area contributed by atoms with Gasteiger partial charge in [0.05, 0.1) is 6.61 Å². The molecule has 1 aromatic rings. The highest BCUT2D eigenvalue weighted by Crippen LogP contribution is 2.18. The first-order valence-corrected chi connectivity index (χ1v) is 8.56. The fraction of sp³-hybridized carbons (Fsp3) is 0.579. The first kappa shape index (κ1) is 17.7. The minimum atomic E-state index is 0.0549. The number of likely N-dealkylation sites (tertiary alicyclic amines) is 1. The lowest BCUT2D eigenvalue weighted by molar-refractivity contribution is -0.133. The number of carbonyl (C=O) groups excluding carboxylic acids is 2. The maximum absolute atomic E-state index is 12.4. The number of hydrogen-bond acceptors (Lipinski definition) is 3. The van der Waals surface area contributed by atoms with E-state index in [2.05, 4.69) is 0 Å². The van der Waals surface area contributed by atoms with Crippen LogP contribution in [0.4, 0.5) is 0 Å². The Labute approximate surface area is 138 Å². The third-order valence-electron chi connectivity index (χ3n) is 4.44. The third kappa shape index (κ3) is 5.17. The lowest BCUT2D eigenvalue weighted by Crippen LogP contribution is -2.41. The Morgan fingerprint density at radius 3 is 2.78 bits per heavy atom. The molecule has 1 amide bonds. The van der Waals surface area contributed by atoms with Crippen molar-refractivity contribution < 1.29 is 14.3 Å². The third-order valence-corrected chi connectivity index (χ3v) is 4.44. The molecule has 1 heterocycles. The van der Waals surface area contributed by atoms with Crippen molar-refractivity contribution in [1.82, 2.24) is 4.90 Å². The van der Waals surface area contributed by atoms with Gasteiger partial charge in [0.15, 0.2) is 5.78 Å². The number of ether oxygens (including phenoxy) is 1. The zero-order valence-electron chi connectivity index (χ0n) is 14.2. The van der Waals surface area contributed by atoms with Crippen LogP contribution in [0.15, 0.2) is 24.3 Å². The van der Waals surface area contributed by atoms with Crippen LogP contribution in [0.2, 0.25) is 0 Å². The fourth-order valence-corrected chi connectivity index (χ4v) is 3.11. The number of piperidine rings is 1. The van der Waals surface area contributed by atoms with Gasteiger partial charge in [0, 0.05) is 38.1 Å². The first-order valence-electron chi connectivity index (χ1n) is 8.56. The van der Waals surface area contributed by atoms with Crippen molar-refractivity contribution >= 4 is 11.7 Å². The molecule has 126 valence electrons. The summed E-state index contributed by atoms with van der Waals surface area (Å²) in [5.41, 5.74) is 1.70. The lowest BCUT2D eigenvalue weighted by Gasteiger charge is -2.32. The monoisotopic (exact) mass is 317 g/mol. The number of nitrogens with zero attached hydrogens (tertiary/aromatic N) is 1. The summed E-state index contributed by atoms with van der Waals surface area (Å²) in [5.74, 6) is 0.576. The molecule has 4 heteroatoms. The smallest absolute Gasteiger partial charge is 0.223 e. The average molecular weight is 317 g/mol. The molecule has 0 N–H and O–H groups in total. The van der Waals surface area contributed by atoms with Crippen molar-refractivity contribution in [3.05, 3.63) is 35.4 Å². The zero-order chi connectivity index (χ0) is 16.7. The van der Waals surface area contributed by atoms with Crippen molar-refractivity contribution in [2.45, 2.75) is 39.5 Å². The van der Waals surface area contributed by atoms with E-state index in [-0.39, 0.29) is 18.1 Å². The highest BCUT2D eigenvalue weighted by Gasteiger charge is 2.24. The van der Waals surface area contributed by atoms with E-state index in [0.29, 0.717) is 12.3 Å². The predicted octanol–water partition coefficient (Wildman–Crippen LogP) is 3.23. The Balaban J connectivity index is 1.82. The summed E-state index contributed by atoms with van der Waals surface area (Å²) in [5, 5.41) is 0. The van der Waals surface area contributed by atoms with Crippen LogP contribution in [0.25, 0.3) is 0 Å². The second-order valence-corrected chi connectivity index (χ2v) is 6.25. The van der Waals surface area contributed by atoms with E-state index < -0.39 is 0 Å². The maximum atomic E-state index is 12.4. The molecule has 1 aromatic carbocycles. The van der Waals surface area contributed by atoms with Crippen molar-refractivity contribution in [3.63, 3.8) is 0 Å². The van der Waals surface area contributed by atoms with Gasteiger partial charge in [-0.1, -0.05) is 24.3 Å². The molecule has 1 aliphatic rings. The van der Waals surface area contributed by atoms with Crippen molar-refractivity contribution in [2.75, 3.05) is 26.3 Å². The highest BCUT2D eigenvalue weighted by atomic mass is 16.5. The summed E-state index contributed by atoms with van der Waals surface area (Å²) >= 11 is 0. The van der Waals surface area contributed by atoms with Gasteiger partial charge in [-0.2, -0.15) is 0 Å². The van der Waals surface area contributed by atoms with Crippen molar-refractivity contribution in [3.8, 4) is 0 Å². The van der Waals surface area contributed by atoms with Gasteiger partial charge in [-0.25, -0.2) is 0 Å². The van der Waals surface area contributed by atoms with Gasteiger partial charge >= 0.3 is 0 Å². The second kappa shape index (κ2) is 8.82. The molecular formula is C19H27NO3. The van der Waals surface area contributed by atoms with Gasteiger partial charge in [0.1, 0.15) is 0 Å². The highest BCUT2D eigenvalue weighted by molar-refractivity contribution is 5.99. The molecular weight excluding hydrogens is 290 g/mol. The molecule has 2 rings (SSSR count). The van der Waals surface area contributed by atoms with Crippen LogP contribution in [0.3, 0.4) is 0 Å². The van der Waals surface area contributed by atoms with Gasteiger partial charge in [-0.15, -0.1) is 0 Å². The number of ketones is 1. The van der Waals surface area contributed by atoms with Crippen LogP contribution in [0.5, 0.6) is 0 Å². The van der Waals surface area contributed by atoms with E-state index in [0.717, 1.165) is 50.3 Å². The van der Waals surface area contributed by atoms with E-state index in [1.807, 2.05) is 43.0 Å². The molecule has 1 fully saturated rings. The quantitative estimate of drug-likeness (QED) is 0.725. The minimum Gasteiger partial charge on any atom is -0.381 e. The lowest BCUT2D eigenvalue weighted by atomic mass is 9.97. The number of Topliss-reactive ketones (excluding diaryl/α,β-unsaturated/α-hetero) is 1. The SMILES string of the molecule is CCOCC1CCCN(C(=O)CCC(=O)c2ccccc2C)C1. The number of amides is 1. The summed E-state index contributed by atoms with van der Waals surface area (Å²) < 4.78 is 5.48. The van der Waals surface area contributed by atoms with Crippen LogP contribution in [0, 0.1) is 12.8 Å². The van der Waals surface area contributed by atoms with Gasteiger partial charge in [-0.3, -0.25) is 9.59 Å². The first-order chi connectivity index (χ1) is 11.1.